The fourth-order valence-corrected chi connectivity index (χ4v) is 4.10. The van der Waals surface area contributed by atoms with Gasteiger partial charge in [0.05, 0.1) is 17.9 Å². The van der Waals surface area contributed by atoms with Gasteiger partial charge in [-0.05, 0) is 99.1 Å². The second-order valence-corrected chi connectivity index (χ2v) is 7.74. The molecule has 0 saturated heterocycles. The van der Waals surface area contributed by atoms with Crippen molar-refractivity contribution in [2.75, 3.05) is 0 Å². The van der Waals surface area contributed by atoms with Gasteiger partial charge in [-0.15, -0.1) is 0 Å². The van der Waals surface area contributed by atoms with Crippen LogP contribution in [0, 0.1) is 0 Å². The first-order valence-electron chi connectivity index (χ1n) is 8.51. The summed E-state index contributed by atoms with van der Waals surface area (Å²) in [6.45, 7) is -5.99. The molecule has 0 aromatic heterocycles. The lowest BCUT2D eigenvalue weighted by Crippen LogP contribution is -2.19. The minimum absolute atomic E-state index is 0.0523. The first-order chi connectivity index (χ1) is 12.1. The lowest BCUT2D eigenvalue weighted by atomic mass is 9.78. The molecule has 0 bridgehead atoms. The van der Waals surface area contributed by atoms with Crippen molar-refractivity contribution in [2.24, 2.45) is 0 Å². The van der Waals surface area contributed by atoms with Gasteiger partial charge in [0.15, 0.2) is 0 Å². The van der Waals surface area contributed by atoms with Crippen LogP contribution in [0.2, 0.25) is 0 Å². The Hall–Kier alpha value is -0.0400. The van der Waals surface area contributed by atoms with E-state index in [9.17, 15) is 10.2 Å². The highest BCUT2D eigenvalue weighted by Gasteiger charge is 2.26. The third-order valence-electron chi connectivity index (χ3n) is 2.90. The monoisotopic (exact) mass is 546 g/mol. The van der Waals surface area contributed by atoms with Gasteiger partial charge < -0.3 is 10.2 Å². The van der Waals surface area contributed by atoms with E-state index >= 15 is 0 Å². The quantitative estimate of drug-likeness (QED) is 0.451. The van der Waals surface area contributed by atoms with Crippen molar-refractivity contribution < 1.29 is 18.4 Å². The maximum atomic E-state index is 9.97. The highest BCUT2D eigenvalue weighted by atomic mass is 79.9. The molecule has 0 saturated carbocycles. The molecule has 2 aromatic rings. The smallest absolute Gasteiger partial charge is 0.143 e. The molecule has 6 heteroatoms. The Morgan fingerprint density at radius 1 is 0.762 bits per heavy atom. The number of phenols is 2. The summed E-state index contributed by atoms with van der Waals surface area (Å²) in [5.41, 5.74) is -2.54. The summed E-state index contributed by atoms with van der Waals surface area (Å²) in [6.07, 6.45) is 0. The topological polar surface area (TPSA) is 40.5 Å². The van der Waals surface area contributed by atoms with Crippen LogP contribution >= 0.6 is 63.7 Å². The summed E-state index contributed by atoms with van der Waals surface area (Å²) in [5.74, 6) is -0.367. The number of halogens is 4. The second-order valence-electron chi connectivity index (χ2n) is 4.33. The molecule has 0 atom stereocenters. The van der Waals surface area contributed by atoms with E-state index in [0.717, 1.165) is 0 Å². The van der Waals surface area contributed by atoms with E-state index in [1.807, 2.05) is 0 Å². The number of aromatic hydroxyl groups is 2. The van der Waals surface area contributed by atoms with Gasteiger partial charge in [0.2, 0.25) is 0 Å². The van der Waals surface area contributed by atoms with Crippen LogP contribution in [0.15, 0.2) is 42.2 Å². The molecular weight excluding hydrogens is 532 g/mol. The van der Waals surface area contributed by atoms with Crippen LogP contribution in [0.1, 0.15) is 33.1 Å². The van der Waals surface area contributed by atoms with Gasteiger partial charge in [0.1, 0.15) is 11.5 Å². The summed E-state index contributed by atoms with van der Waals surface area (Å²) in [6, 6.07) is 5.09. The zero-order chi connectivity index (χ0) is 20.9. The van der Waals surface area contributed by atoms with E-state index < -0.39 is 19.1 Å². The molecule has 0 radical (unpaired) electrons. The molecule has 0 heterocycles. The number of benzene rings is 2. The predicted octanol–water partition coefficient (Wildman–Crippen LogP) is 6.47. The number of hydrogen-bond donors (Lipinski definition) is 2. The maximum absolute atomic E-state index is 9.97. The Morgan fingerprint density at radius 2 is 1.05 bits per heavy atom. The highest BCUT2D eigenvalue weighted by Crippen LogP contribution is 2.43. The van der Waals surface area contributed by atoms with Crippen LogP contribution in [0.4, 0.5) is 0 Å². The first kappa shape index (κ1) is 10.7. The van der Waals surface area contributed by atoms with Gasteiger partial charge in [0, 0.05) is 13.6 Å². The van der Waals surface area contributed by atoms with Crippen LogP contribution in [0.3, 0.4) is 0 Å². The summed E-state index contributed by atoms with van der Waals surface area (Å²) in [7, 11) is 0. The maximum Gasteiger partial charge on any atom is 0.143 e. The average Bonchev–Trinajstić information content (AvgIpc) is 2.47. The number of rotatable bonds is 2. The zero-order valence-corrected chi connectivity index (χ0v) is 16.6. The number of phenolic OH excluding ortho intramolecular Hbond substituents is 2. The molecule has 0 fully saturated rings. The van der Waals surface area contributed by atoms with Crippen molar-refractivity contribution in [1.29, 1.82) is 0 Å². The third kappa shape index (κ3) is 3.33. The van der Waals surface area contributed by atoms with Crippen LogP contribution < -0.4 is 0 Å². The van der Waals surface area contributed by atoms with E-state index in [-0.39, 0.29) is 40.5 Å². The van der Waals surface area contributed by atoms with Crippen molar-refractivity contribution in [1.82, 2.24) is 0 Å². The van der Waals surface area contributed by atoms with Crippen molar-refractivity contribution in [2.45, 2.75) is 19.1 Å². The summed E-state index contributed by atoms with van der Waals surface area (Å²) in [4.78, 5) is 0. The molecule has 0 unspecified atom stereocenters. The van der Waals surface area contributed by atoms with Gasteiger partial charge in [-0.3, -0.25) is 0 Å². The van der Waals surface area contributed by atoms with E-state index in [0.29, 0.717) is 0 Å². The van der Waals surface area contributed by atoms with Gasteiger partial charge in [0.25, 0.3) is 0 Å². The minimum atomic E-state index is -3.00. The molecule has 2 N–H and O–H groups in total. The Morgan fingerprint density at radius 3 is 1.29 bits per heavy atom. The Labute approximate surface area is 165 Å². The third-order valence-corrected chi connectivity index (χ3v) is 5.32. The molecule has 2 nitrogen and oxygen atoms in total. The zero-order valence-electron chi connectivity index (χ0n) is 16.2. The lowest BCUT2D eigenvalue weighted by Gasteiger charge is -2.27. The van der Waals surface area contributed by atoms with Crippen LogP contribution in [0.25, 0.3) is 0 Å². The molecule has 0 amide bonds. The molecule has 112 valence electrons. The van der Waals surface area contributed by atoms with E-state index in [4.69, 9.17) is 8.22 Å². The predicted molar refractivity (Wildman–Crippen MR) is 99.1 cm³/mol. The largest absolute Gasteiger partial charge is 0.506 e. The van der Waals surface area contributed by atoms with Crippen LogP contribution in [-0.4, -0.2) is 10.2 Å². The van der Waals surface area contributed by atoms with E-state index in [2.05, 4.69) is 63.7 Å². The minimum Gasteiger partial charge on any atom is -0.506 e. The summed E-state index contributed by atoms with van der Waals surface area (Å²) in [5, 5.41) is 19.9. The van der Waals surface area contributed by atoms with Crippen LogP contribution in [-0.2, 0) is 5.41 Å². The molecule has 0 aliphatic rings. The Balaban J connectivity index is 3.06. The normalized spacial score (nSPS) is 17.1. The average molecular weight is 550 g/mol. The van der Waals surface area contributed by atoms with Crippen molar-refractivity contribution in [3.63, 3.8) is 0 Å². The summed E-state index contributed by atoms with van der Waals surface area (Å²) >= 11 is 12.5. The standard InChI is InChI=1S/C15H12Br4O2/c1-15(2,7-3-9(16)13(20)10(17)4-7)8-5-11(18)14(21)12(19)6-8/h3-6,20-21H,1-2H3/i1D3,2D3. The SMILES string of the molecule is [2H]C([2H])([2H])C(c1cc(Br)c(O)c(Br)c1)(c1cc(Br)c(O)c(Br)c1)C([2H])([2H])[2H]. The molecule has 2 rings (SSSR count). The van der Waals surface area contributed by atoms with Crippen molar-refractivity contribution in [3.8, 4) is 11.5 Å². The Bertz CT molecular complexity index is 775. The molecular formula is C15H12Br4O2. The first-order valence-corrected chi connectivity index (χ1v) is 8.68. The van der Waals surface area contributed by atoms with Crippen molar-refractivity contribution in [3.05, 3.63) is 53.3 Å². The van der Waals surface area contributed by atoms with Gasteiger partial charge in [-0.2, -0.15) is 0 Å². The van der Waals surface area contributed by atoms with E-state index in [1.54, 1.807) is 0 Å². The number of hydrogen-bond acceptors (Lipinski definition) is 2. The molecule has 0 aliphatic heterocycles. The second kappa shape index (κ2) is 6.22. The molecule has 0 spiro atoms. The van der Waals surface area contributed by atoms with Gasteiger partial charge >= 0.3 is 0 Å². The lowest BCUT2D eigenvalue weighted by molar-refractivity contribution is 0.466. The van der Waals surface area contributed by atoms with E-state index in [1.165, 1.54) is 24.3 Å². The molecule has 21 heavy (non-hydrogen) atoms. The molecule has 0 aliphatic carbocycles. The van der Waals surface area contributed by atoms with Crippen molar-refractivity contribution >= 4 is 63.7 Å². The Kier molecular flexibility index (Phi) is 3.16. The van der Waals surface area contributed by atoms with Crippen LogP contribution in [0.5, 0.6) is 11.5 Å². The molecule has 2 aromatic carbocycles. The van der Waals surface area contributed by atoms with Gasteiger partial charge in [-0.1, -0.05) is 13.7 Å². The fourth-order valence-electron chi connectivity index (χ4n) is 1.73. The van der Waals surface area contributed by atoms with Gasteiger partial charge in [-0.25, -0.2) is 0 Å². The highest BCUT2D eigenvalue weighted by molar-refractivity contribution is 9.11. The summed E-state index contributed by atoms with van der Waals surface area (Å²) < 4.78 is 49.4. The fraction of sp³-hybridized carbons (Fsp3) is 0.200.